The third-order valence-corrected chi connectivity index (χ3v) is 2.62. The molecule has 4 heteroatoms. The average Bonchev–Trinajstić information content (AvgIpc) is 2.22. The second-order valence-corrected chi connectivity index (χ2v) is 4.27. The van der Waals surface area contributed by atoms with Crippen molar-refractivity contribution in [3.8, 4) is 11.3 Å². The zero-order valence-electron chi connectivity index (χ0n) is 7.55. The van der Waals surface area contributed by atoms with E-state index >= 15 is 0 Å². The second-order valence-electron chi connectivity index (χ2n) is 2.97. The molecule has 0 radical (unpaired) electrons. The molecule has 0 N–H and O–H groups in total. The molecule has 2 aromatic rings. The van der Waals surface area contributed by atoms with E-state index < -0.39 is 0 Å². The van der Waals surface area contributed by atoms with Crippen LogP contribution in [0.5, 0.6) is 0 Å². The van der Waals surface area contributed by atoms with Crippen LogP contribution in [-0.2, 0) is 0 Å². The molecule has 2 rings (SSSR count). The highest BCUT2D eigenvalue weighted by Gasteiger charge is 2.06. The van der Waals surface area contributed by atoms with Crippen molar-refractivity contribution in [2.24, 2.45) is 0 Å². The highest BCUT2D eigenvalue weighted by Crippen LogP contribution is 2.25. The van der Waals surface area contributed by atoms with Gasteiger partial charge >= 0.3 is 0 Å². The molecule has 0 saturated heterocycles. The molecule has 1 heterocycles. The van der Waals surface area contributed by atoms with Gasteiger partial charge in [0.15, 0.2) is 0 Å². The van der Waals surface area contributed by atoms with Crippen LogP contribution in [0.15, 0.2) is 40.9 Å². The van der Waals surface area contributed by atoms with E-state index in [0.717, 1.165) is 4.47 Å². The van der Waals surface area contributed by atoms with Crippen molar-refractivity contribution >= 4 is 27.5 Å². The SMILES string of the molecule is Fc1ccc(Br)cc1-c1cccc(Cl)n1. The van der Waals surface area contributed by atoms with Crippen LogP contribution in [0.4, 0.5) is 4.39 Å². The van der Waals surface area contributed by atoms with E-state index in [1.165, 1.54) is 6.07 Å². The van der Waals surface area contributed by atoms with E-state index in [-0.39, 0.29) is 5.82 Å². The Morgan fingerprint density at radius 3 is 2.73 bits per heavy atom. The van der Waals surface area contributed by atoms with Crippen LogP contribution in [0.1, 0.15) is 0 Å². The number of hydrogen-bond acceptors (Lipinski definition) is 1. The van der Waals surface area contributed by atoms with Gasteiger partial charge in [0.2, 0.25) is 0 Å². The van der Waals surface area contributed by atoms with Gasteiger partial charge in [0.05, 0.1) is 5.69 Å². The lowest BCUT2D eigenvalue weighted by molar-refractivity contribution is 0.630. The smallest absolute Gasteiger partial charge is 0.132 e. The second kappa shape index (κ2) is 4.29. The van der Waals surface area contributed by atoms with Crippen molar-refractivity contribution in [1.82, 2.24) is 4.98 Å². The summed E-state index contributed by atoms with van der Waals surface area (Å²) in [5.74, 6) is -0.312. The molecule has 0 aliphatic carbocycles. The molecular weight excluding hydrogens is 280 g/mol. The van der Waals surface area contributed by atoms with Crippen LogP contribution in [-0.4, -0.2) is 4.98 Å². The molecule has 0 saturated carbocycles. The number of rotatable bonds is 1. The molecule has 0 atom stereocenters. The van der Waals surface area contributed by atoms with Crippen LogP contribution < -0.4 is 0 Å². The molecule has 0 unspecified atom stereocenters. The van der Waals surface area contributed by atoms with E-state index in [1.807, 2.05) is 0 Å². The molecule has 76 valence electrons. The molecule has 0 amide bonds. The Labute approximate surface area is 100 Å². The number of aromatic nitrogens is 1. The van der Waals surface area contributed by atoms with Gasteiger partial charge in [-0.2, -0.15) is 0 Å². The van der Waals surface area contributed by atoms with Crippen molar-refractivity contribution in [3.05, 3.63) is 51.8 Å². The fourth-order valence-corrected chi connectivity index (χ4v) is 1.78. The predicted molar refractivity (Wildman–Crippen MR) is 62.3 cm³/mol. The predicted octanol–water partition coefficient (Wildman–Crippen LogP) is 4.30. The van der Waals surface area contributed by atoms with E-state index in [9.17, 15) is 4.39 Å². The van der Waals surface area contributed by atoms with Crippen molar-refractivity contribution in [3.63, 3.8) is 0 Å². The summed E-state index contributed by atoms with van der Waals surface area (Å²) < 4.78 is 14.3. The molecule has 0 bridgehead atoms. The topological polar surface area (TPSA) is 12.9 Å². The summed E-state index contributed by atoms with van der Waals surface area (Å²) in [4.78, 5) is 4.05. The van der Waals surface area contributed by atoms with Crippen LogP contribution in [0, 0.1) is 5.82 Å². The molecular formula is C11H6BrClFN. The standard InChI is InChI=1S/C11H6BrClFN/c12-7-4-5-9(14)8(6-7)10-2-1-3-11(13)15-10/h1-6H. The Balaban J connectivity index is 2.58. The summed E-state index contributed by atoms with van der Waals surface area (Å²) in [6.45, 7) is 0. The van der Waals surface area contributed by atoms with E-state index in [4.69, 9.17) is 11.6 Å². The monoisotopic (exact) mass is 285 g/mol. The zero-order chi connectivity index (χ0) is 10.8. The summed E-state index contributed by atoms with van der Waals surface area (Å²) in [6.07, 6.45) is 0. The minimum atomic E-state index is -0.312. The molecule has 0 aliphatic rings. The lowest BCUT2D eigenvalue weighted by Crippen LogP contribution is -1.87. The molecule has 0 fully saturated rings. The first-order valence-electron chi connectivity index (χ1n) is 4.25. The Morgan fingerprint density at radius 2 is 2.00 bits per heavy atom. The Bertz CT molecular complexity index is 502. The quantitative estimate of drug-likeness (QED) is 0.712. The summed E-state index contributed by atoms with van der Waals surface area (Å²) in [5.41, 5.74) is 0.966. The van der Waals surface area contributed by atoms with Crippen molar-refractivity contribution < 1.29 is 4.39 Å². The first-order chi connectivity index (χ1) is 7.16. The van der Waals surface area contributed by atoms with Crippen molar-refractivity contribution in [2.75, 3.05) is 0 Å². The van der Waals surface area contributed by atoms with Gasteiger partial charge in [-0.15, -0.1) is 0 Å². The third-order valence-electron chi connectivity index (χ3n) is 1.92. The number of benzene rings is 1. The minimum Gasteiger partial charge on any atom is -0.236 e. The first-order valence-corrected chi connectivity index (χ1v) is 5.42. The van der Waals surface area contributed by atoms with Crippen molar-refractivity contribution in [1.29, 1.82) is 0 Å². The van der Waals surface area contributed by atoms with E-state index in [0.29, 0.717) is 16.4 Å². The van der Waals surface area contributed by atoms with Gasteiger partial charge in [0, 0.05) is 10.0 Å². The highest BCUT2D eigenvalue weighted by atomic mass is 79.9. The number of hydrogen-bond donors (Lipinski definition) is 0. The van der Waals surface area contributed by atoms with Gasteiger partial charge in [-0.1, -0.05) is 33.6 Å². The lowest BCUT2D eigenvalue weighted by atomic mass is 10.1. The van der Waals surface area contributed by atoms with Crippen LogP contribution in [0.3, 0.4) is 0 Å². The van der Waals surface area contributed by atoms with Gasteiger partial charge in [-0.25, -0.2) is 9.37 Å². The summed E-state index contributed by atoms with van der Waals surface area (Å²) in [5, 5.41) is 0.354. The van der Waals surface area contributed by atoms with Gasteiger partial charge in [0.25, 0.3) is 0 Å². The van der Waals surface area contributed by atoms with Gasteiger partial charge in [-0.3, -0.25) is 0 Å². The molecule has 1 aromatic carbocycles. The largest absolute Gasteiger partial charge is 0.236 e. The number of nitrogens with zero attached hydrogens (tertiary/aromatic N) is 1. The fraction of sp³-hybridized carbons (Fsp3) is 0. The normalized spacial score (nSPS) is 10.3. The van der Waals surface area contributed by atoms with E-state index in [1.54, 1.807) is 30.3 Å². The first kappa shape index (κ1) is 10.6. The third kappa shape index (κ3) is 2.36. The lowest BCUT2D eigenvalue weighted by Gasteiger charge is -2.03. The summed E-state index contributed by atoms with van der Waals surface area (Å²) >= 11 is 9.03. The average molecular weight is 287 g/mol. The molecule has 0 spiro atoms. The summed E-state index contributed by atoms with van der Waals surface area (Å²) in [6, 6.07) is 9.82. The fourth-order valence-electron chi connectivity index (χ4n) is 1.25. The van der Waals surface area contributed by atoms with E-state index in [2.05, 4.69) is 20.9 Å². The van der Waals surface area contributed by atoms with Crippen molar-refractivity contribution in [2.45, 2.75) is 0 Å². The Kier molecular flexibility index (Phi) is 3.03. The Hall–Kier alpha value is -0.930. The Morgan fingerprint density at radius 1 is 1.20 bits per heavy atom. The van der Waals surface area contributed by atoms with Crippen LogP contribution in [0.25, 0.3) is 11.3 Å². The number of halogens is 3. The summed E-state index contributed by atoms with van der Waals surface area (Å²) in [7, 11) is 0. The maximum absolute atomic E-state index is 13.5. The maximum Gasteiger partial charge on any atom is 0.132 e. The highest BCUT2D eigenvalue weighted by molar-refractivity contribution is 9.10. The molecule has 1 aromatic heterocycles. The van der Waals surface area contributed by atoms with Gasteiger partial charge in [-0.05, 0) is 30.3 Å². The zero-order valence-corrected chi connectivity index (χ0v) is 9.89. The number of pyridine rings is 1. The molecule has 15 heavy (non-hydrogen) atoms. The maximum atomic E-state index is 13.5. The van der Waals surface area contributed by atoms with Gasteiger partial charge in [0.1, 0.15) is 11.0 Å². The van der Waals surface area contributed by atoms with Crippen LogP contribution >= 0.6 is 27.5 Å². The minimum absolute atomic E-state index is 0.312. The van der Waals surface area contributed by atoms with Crippen LogP contribution in [0.2, 0.25) is 5.15 Å². The molecule has 0 aliphatic heterocycles. The van der Waals surface area contributed by atoms with Gasteiger partial charge < -0.3 is 0 Å². The molecule has 1 nitrogen and oxygen atoms in total.